The Morgan fingerprint density at radius 2 is 1.62 bits per heavy atom. The van der Waals surface area contributed by atoms with Crippen molar-refractivity contribution in [3.8, 4) is 0 Å². The molecule has 1 unspecified atom stereocenters. The zero-order valence-electron chi connectivity index (χ0n) is 26.4. The lowest BCUT2D eigenvalue weighted by atomic mass is 9.89. The first-order valence-electron chi connectivity index (χ1n) is 16.1. The monoisotopic (exact) mass is 593 g/mol. The van der Waals surface area contributed by atoms with Crippen molar-refractivity contribution in [2.45, 2.75) is 142 Å². The van der Waals surface area contributed by atoms with Crippen LogP contribution in [0.5, 0.6) is 0 Å². The third kappa shape index (κ3) is 11.5. The van der Waals surface area contributed by atoms with E-state index < -0.39 is 24.0 Å². The molecule has 1 aliphatic carbocycles. The Morgan fingerprint density at radius 1 is 0.929 bits per heavy atom. The minimum atomic E-state index is -0.973. The Bertz CT molecular complexity index is 908. The summed E-state index contributed by atoms with van der Waals surface area (Å²) >= 11 is 0. The van der Waals surface area contributed by atoms with Gasteiger partial charge in [-0.25, -0.2) is 0 Å². The zero-order valence-corrected chi connectivity index (χ0v) is 26.4. The van der Waals surface area contributed by atoms with Crippen LogP contribution < -0.4 is 21.3 Å². The Balaban J connectivity index is 1.93. The Kier molecular flexibility index (Phi) is 15.3. The van der Waals surface area contributed by atoms with Crippen LogP contribution in [0.15, 0.2) is 0 Å². The summed E-state index contributed by atoms with van der Waals surface area (Å²) in [7, 11) is 0. The second-order valence-corrected chi connectivity index (χ2v) is 12.4. The van der Waals surface area contributed by atoms with E-state index in [2.05, 4.69) is 33.1 Å². The summed E-state index contributed by atoms with van der Waals surface area (Å²) in [6.45, 7) is 11.0. The van der Waals surface area contributed by atoms with Gasteiger partial charge in [0.2, 0.25) is 23.6 Å². The fourth-order valence-corrected chi connectivity index (χ4v) is 6.10. The predicted octanol–water partition coefficient (Wildman–Crippen LogP) is 2.72. The fourth-order valence-electron chi connectivity index (χ4n) is 6.10. The molecular weight excluding hydrogens is 538 g/mol. The molecule has 4 amide bonds. The molecule has 1 saturated heterocycles. The molecule has 2 aliphatic rings. The van der Waals surface area contributed by atoms with Gasteiger partial charge in [-0.2, -0.15) is 0 Å². The van der Waals surface area contributed by atoms with Gasteiger partial charge in [0.05, 0.1) is 6.04 Å². The molecule has 42 heavy (non-hydrogen) atoms. The number of hydrogen-bond acceptors (Lipinski definition) is 6. The summed E-state index contributed by atoms with van der Waals surface area (Å²) in [5, 5.41) is 20.7. The van der Waals surface area contributed by atoms with Crippen molar-refractivity contribution >= 4 is 29.6 Å². The number of nitrogens with zero attached hydrogens (tertiary/aromatic N) is 1. The van der Waals surface area contributed by atoms with Crippen molar-refractivity contribution in [1.29, 1.82) is 0 Å². The van der Waals surface area contributed by atoms with E-state index in [-0.39, 0.29) is 61.0 Å². The van der Waals surface area contributed by atoms with Crippen molar-refractivity contribution in [2.75, 3.05) is 13.1 Å². The Labute approximate surface area is 251 Å². The van der Waals surface area contributed by atoms with E-state index >= 15 is 0 Å². The van der Waals surface area contributed by atoms with Gasteiger partial charge < -0.3 is 26.4 Å². The van der Waals surface area contributed by atoms with Crippen LogP contribution in [-0.2, 0) is 24.0 Å². The van der Waals surface area contributed by atoms with Gasteiger partial charge in [0.25, 0.3) is 0 Å². The van der Waals surface area contributed by atoms with Crippen molar-refractivity contribution in [1.82, 2.24) is 26.2 Å². The van der Waals surface area contributed by atoms with Crippen LogP contribution in [0.25, 0.3) is 0 Å². The van der Waals surface area contributed by atoms with Gasteiger partial charge in [0.1, 0.15) is 12.1 Å². The van der Waals surface area contributed by atoms with Crippen LogP contribution >= 0.6 is 0 Å². The van der Waals surface area contributed by atoms with E-state index in [1.165, 1.54) is 32.1 Å². The van der Waals surface area contributed by atoms with Crippen LogP contribution in [0, 0.1) is 11.8 Å². The van der Waals surface area contributed by atoms with E-state index in [0.717, 1.165) is 6.54 Å². The van der Waals surface area contributed by atoms with Crippen molar-refractivity contribution < 1.29 is 29.1 Å². The topological polar surface area (TPSA) is 157 Å². The number of carbonyl (C=O) groups excluding carboxylic acids is 4. The first-order chi connectivity index (χ1) is 20.0. The normalized spacial score (nSPS) is 22.4. The summed E-state index contributed by atoms with van der Waals surface area (Å²) in [6, 6.07) is -1.90. The molecule has 11 nitrogen and oxygen atoms in total. The number of carboxylic acids is 1. The molecular formula is C31H55N5O6. The van der Waals surface area contributed by atoms with Gasteiger partial charge in [-0.3, -0.25) is 28.9 Å². The highest BCUT2D eigenvalue weighted by Gasteiger charge is 2.37. The van der Waals surface area contributed by atoms with E-state index in [0.29, 0.717) is 38.1 Å². The standard InChI is InChI=1S/C31H55N5O6/c1-6-12-25(34-31(42)28(20(3)7-2)35-26(37)15-11-16-27(38)39)30(41)33-24-17-21(4)36(19-24)22(5)29(40)32-18-23-13-9-8-10-14-23/h20-25,28H,6-19H2,1-5H3,(H,32,40)(H,33,41)(H,34,42)(H,35,37)(H,38,39)/t20-,21?,22-,24-,25-,28-/m0/s1. The Hall–Kier alpha value is -2.69. The van der Waals surface area contributed by atoms with E-state index in [9.17, 15) is 24.0 Å². The van der Waals surface area contributed by atoms with Crippen molar-refractivity contribution in [3.63, 3.8) is 0 Å². The van der Waals surface area contributed by atoms with Gasteiger partial charge in [0, 0.05) is 38.0 Å². The molecule has 0 aromatic heterocycles. The number of carbonyl (C=O) groups is 5. The fraction of sp³-hybridized carbons (Fsp3) is 0.839. The third-order valence-corrected chi connectivity index (χ3v) is 8.95. The molecule has 0 bridgehead atoms. The number of hydrogen-bond donors (Lipinski definition) is 5. The summed E-state index contributed by atoms with van der Waals surface area (Å²) in [5.41, 5.74) is 0. The van der Waals surface area contributed by atoms with Gasteiger partial charge in [0.15, 0.2) is 0 Å². The highest BCUT2D eigenvalue weighted by Crippen LogP contribution is 2.24. The molecule has 2 rings (SSSR count). The maximum absolute atomic E-state index is 13.3. The number of nitrogens with one attached hydrogen (secondary N) is 4. The smallest absolute Gasteiger partial charge is 0.303 e. The predicted molar refractivity (Wildman–Crippen MR) is 161 cm³/mol. The minimum Gasteiger partial charge on any atom is -0.481 e. The van der Waals surface area contributed by atoms with Crippen LogP contribution in [-0.4, -0.2) is 82.9 Å². The SMILES string of the molecule is CCC[C@H](NC(=O)[C@@H](NC(=O)CCCC(=O)O)[C@@H](C)CC)C(=O)N[C@H]1CC(C)N([C@@H](C)C(=O)NCC2CCCCC2)C1. The highest BCUT2D eigenvalue weighted by molar-refractivity contribution is 5.92. The van der Waals surface area contributed by atoms with Crippen molar-refractivity contribution in [3.05, 3.63) is 0 Å². The van der Waals surface area contributed by atoms with Crippen LogP contribution in [0.3, 0.4) is 0 Å². The number of likely N-dealkylation sites (tertiary alicyclic amines) is 1. The summed E-state index contributed by atoms with van der Waals surface area (Å²) in [6.07, 6.45) is 8.67. The van der Waals surface area contributed by atoms with Crippen LogP contribution in [0.4, 0.5) is 0 Å². The Morgan fingerprint density at radius 3 is 2.24 bits per heavy atom. The van der Waals surface area contributed by atoms with E-state index in [4.69, 9.17) is 5.11 Å². The van der Waals surface area contributed by atoms with Crippen LogP contribution in [0.1, 0.15) is 112 Å². The lowest BCUT2D eigenvalue weighted by molar-refractivity contribution is -0.137. The molecule has 1 heterocycles. The maximum atomic E-state index is 13.3. The second kappa shape index (κ2) is 18.1. The number of aliphatic carboxylic acids is 1. The minimum absolute atomic E-state index is 0.0127. The lowest BCUT2D eigenvalue weighted by Crippen LogP contribution is -2.56. The van der Waals surface area contributed by atoms with Gasteiger partial charge >= 0.3 is 5.97 Å². The number of amides is 4. The molecule has 6 atom stereocenters. The largest absolute Gasteiger partial charge is 0.481 e. The molecule has 1 aliphatic heterocycles. The quantitative estimate of drug-likeness (QED) is 0.174. The van der Waals surface area contributed by atoms with Crippen LogP contribution in [0.2, 0.25) is 0 Å². The van der Waals surface area contributed by atoms with E-state index in [1.54, 1.807) is 0 Å². The molecule has 1 saturated carbocycles. The molecule has 0 aromatic rings. The summed E-state index contributed by atoms with van der Waals surface area (Å²) < 4.78 is 0. The first-order valence-corrected chi connectivity index (χ1v) is 16.1. The number of carboxylic acid groups (broad SMARTS) is 1. The molecule has 0 radical (unpaired) electrons. The zero-order chi connectivity index (χ0) is 31.2. The molecule has 240 valence electrons. The molecule has 5 N–H and O–H groups in total. The summed E-state index contributed by atoms with van der Waals surface area (Å²) in [5.74, 6) is -1.63. The van der Waals surface area contributed by atoms with Gasteiger partial charge in [-0.1, -0.05) is 52.9 Å². The maximum Gasteiger partial charge on any atom is 0.303 e. The first kappa shape index (κ1) is 35.5. The third-order valence-electron chi connectivity index (χ3n) is 8.95. The lowest BCUT2D eigenvalue weighted by Gasteiger charge is -2.29. The average Bonchev–Trinajstić information content (AvgIpc) is 3.33. The number of rotatable bonds is 17. The molecule has 2 fully saturated rings. The summed E-state index contributed by atoms with van der Waals surface area (Å²) in [4.78, 5) is 64.9. The van der Waals surface area contributed by atoms with Crippen molar-refractivity contribution in [2.24, 2.45) is 11.8 Å². The van der Waals surface area contributed by atoms with E-state index in [1.807, 2.05) is 27.7 Å². The van der Waals surface area contributed by atoms with Gasteiger partial charge in [-0.05, 0) is 57.8 Å². The van der Waals surface area contributed by atoms with Gasteiger partial charge in [-0.15, -0.1) is 0 Å². The average molecular weight is 594 g/mol. The molecule has 0 aromatic carbocycles. The molecule has 0 spiro atoms. The highest BCUT2D eigenvalue weighted by atomic mass is 16.4. The second-order valence-electron chi connectivity index (χ2n) is 12.4. The molecule has 11 heteroatoms.